The lowest BCUT2D eigenvalue weighted by molar-refractivity contribution is -0.144. The van der Waals surface area contributed by atoms with E-state index in [9.17, 15) is 15.0 Å². The number of carbonyl (C=O) groups is 1. The van der Waals surface area contributed by atoms with E-state index in [0.29, 0.717) is 48.2 Å². The monoisotopic (exact) mass is 469 g/mol. The van der Waals surface area contributed by atoms with Crippen LogP contribution in [-0.2, 0) is 10.4 Å². The highest BCUT2D eigenvalue weighted by molar-refractivity contribution is 7.15. The summed E-state index contributed by atoms with van der Waals surface area (Å²) in [5.41, 5.74) is 1.08. The zero-order valence-corrected chi connectivity index (χ0v) is 19.6. The molecule has 3 N–H and O–H groups in total. The van der Waals surface area contributed by atoms with E-state index in [4.69, 9.17) is 4.74 Å². The Morgan fingerprint density at radius 3 is 2.64 bits per heavy atom. The van der Waals surface area contributed by atoms with Gasteiger partial charge in [0.05, 0.1) is 23.6 Å². The van der Waals surface area contributed by atoms with Crippen LogP contribution in [0.5, 0.6) is 5.88 Å². The molecule has 0 amide bonds. The third kappa shape index (κ3) is 5.12. The lowest BCUT2D eigenvalue weighted by atomic mass is 9.74. The number of carboxylic acids is 1. The Bertz CT molecular complexity index is 1140. The molecule has 1 aliphatic rings. The van der Waals surface area contributed by atoms with Crippen molar-refractivity contribution >= 4 is 28.9 Å². The molecule has 1 aliphatic carbocycles. The summed E-state index contributed by atoms with van der Waals surface area (Å²) in [5.74, 6) is -0.223. The maximum atomic E-state index is 11.3. The third-order valence-corrected chi connectivity index (χ3v) is 7.37. The predicted molar refractivity (Wildman–Crippen MR) is 125 cm³/mol. The maximum absolute atomic E-state index is 11.3. The fourth-order valence-electron chi connectivity index (χ4n) is 4.15. The summed E-state index contributed by atoms with van der Waals surface area (Å²) in [6, 6.07) is 5.44. The van der Waals surface area contributed by atoms with Crippen LogP contribution in [0.25, 0.3) is 10.6 Å². The summed E-state index contributed by atoms with van der Waals surface area (Å²) in [5, 5.41) is 24.3. The van der Waals surface area contributed by atoms with Crippen LogP contribution < -0.4 is 10.1 Å². The molecule has 0 aliphatic heterocycles. The summed E-state index contributed by atoms with van der Waals surface area (Å²) < 4.78 is 5.37. The fraction of sp³-hybridized carbons (Fsp3) is 0.435. The Hall–Kier alpha value is -3.11. The van der Waals surface area contributed by atoms with Gasteiger partial charge in [-0.05, 0) is 57.6 Å². The summed E-state index contributed by atoms with van der Waals surface area (Å²) in [7, 11) is 1.55. The van der Waals surface area contributed by atoms with Crippen molar-refractivity contribution in [1.82, 2.24) is 19.9 Å². The number of hydrogen-bond donors (Lipinski definition) is 3. The van der Waals surface area contributed by atoms with Gasteiger partial charge in [0.15, 0.2) is 0 Å². The van der Waals surface area contributed by atoms with E-state index >= 15 is 0 Å². The summed E-state index contributed by atoms with van der Waals surface area (Å²) in [4.78, 5) is 29.7. The van der Waals surface area contributed by atoms with Crippen LogP contribution in [0.4, 0.5) is 11.6 Å². The number of thiazole rings is 1. The molecule has 174 valence electrons. The van der Waals surface area contributed by atoms with E-state index in [1.165, 1.54) is 11.3 Å². The van der Waals surface area contributed by atoms with Crippen LogP contribution in [-0.4, -0.2) is 43.2 Å². The minimum atomic E-state index is -1.14. The van der Waals surface area contributed by atoms with Crippen LogP contribution in [0.3, 0.4) is 0 Å². The SMILES string of the molecule is COc1cc(Nc2nccc(C)n2)cc(-c2cnc([C@@](C)(O)[C@H]3CC[C@H](C(=O)O)CC3)s2)n1. The first-order valence-corrected chi connectivity index (χ1v) is 11.6. The Morgan fingerprint density at radius 2 is 1.97 bits per heavy atom. The van der Waals surface area contributed by atoms with Crippen molar-refractivity contribution in [1.29, 1.82) is 0 Å². The molecular formula is C23H27N5O4S. The molecule has 3 aromatic heterocycles. The average molecular weight is 470 g/mol. The lowest BCUT2D eigenvalue weighted by Gasteiger charge is -2.35. The number of methoxy groups -OCH3 is 1. The zero-order chi connectivity index (χ0) is 23.6. The standard InChI is InChI=1S/C23H27N5O4S/c1-13-8-9-24-22(26-13)27-16-10-17(28-19(11-16)32-3)18-12-25-21(33-18)23(2,31)15-6-4-14(5-7-15)20(29)30/h8-12,14-15,31H,4-7H2,1-3H3,(H,29,30)(H,24,26,27,28)/t14-,15-,23-/m0/s1. The van der Waals surface area contributed by atoms with Gasteiger partial charge in [-0.3, -0.25) is 4.79 Å². The van der Waals surface area contributed by atoms with Crippen LogP contribution in [0.15, 0.2) is 30.6 Å². The minimum Gasteiger partial charge on any atom is -0.481 e. The van der Waals surface area contributed by atoms with E-state index in [2.05, 4.69) is 25.3 Å². The number of aliphatic carboxylic acids is 1. The molecule has 3 aromatic rings. The Kier molecular flexibility index (Phi) is 6.57. The number of nitrogens with zero attached hydrogens (tertiary/aromatic N) is 4. The first kappa shape index (κ1) is 23.1. The number of aryl methyl sites for hydroxylation is 1. The molecule has 3 heterocycles. The summed E-state index contributed by atoms with van der Waals surface area (Å²) >= 11 is 1.38. The van der Waals surface area contributed by atoms with Crippen LogP contribution in [0.1, 0.15) is 43.3 Å². The van der Waals surface area contributed by atoms with Gasteiger partial charge in [0, 0.05) is 29.8 Å². The quantitative estimate of drug-likeness (QED) is 0.467. The Morgan fingerprint density at radius 1 is 1.21 bits per heavy atom. The van der Waals surface area contributed by atoms with Gasteiger partial charge in [-0.1, -0.05) is 0 Å². The van der Waals surface area contributed by atoms with Crippen molar-refractivity contribution in [2.45, 2.75) is 45.1 Å². The van der Waals surface area contributed by atoms with Gasteiger partial charge in [-0.25, -0.2) is 19.9 Å². The zero-order valence-electron chi connectivity index (χ0n) is 18.8. The second-order valence-corrected chi connectivity index (χ2v) is 9.52. The highest BCUT2D eigenvalue weighted by Crippen LogP contribution is 2.43. The van der Waals surface area contributed by atoms with Crippen molar-refractivity contribution in [3.63, 3.8) is 0 Å². The predicted octanol–water partition coefficient (Wildman–Crippen LogP) is 4.15. The van der Waals surface area contributed by atoms with Crippen LogP contribution >= 0.6 is 11.3 Å². The van der Waals surface area contributed by atoms with Gasteiger partial charge in [0.25, 0.3) is 0 Å². The van der Waals surface area contributed by atoms with E-state index in [0.717, 1.165) is 16.3 Å². The van der Waals surface area contributed by atoms with Crippen molar-refractivity contribution in [2.24, 2.45) is 11.8 Å². The smallest absolute Gasteiger partial charge is 0.306 e. The molecule has 0 unspecified atom stereocenters. The van der Waals surface area contributed by atoms with Crippen LogP contribution in [0, 0.1) is 18.8 Å². The number of aromatic nitrogens is 4. The Labute approximate surface area is 195 Å². The largest absolute Gasteiger partial charge is 0.481 e. The Balaban J connectivity index is 1.56. The molecule has 0 spiro atoms. The number of hydrogen-bond acceptors (Lipinski definition) is 9. The molecule has 4 rings (SSSR count). The van der Waals surface area contributed by atoms with Crippen molar-refractivity contribution in [3.8, 4) is 16.5 Å². The van der Waals surface area contributed by atoms with E-state index < -0.39 is 11.6 Å². The first-order chi connectivity index (χ1) is 15.8. The molecule has 10 heteroatoms. The van der Waals surface area contributed by atoms with Crippen molar-refractivity contribution in [3.05, 3.63) is 41.3 Å². The molecule has 0 bridgehead atoms. The topological polar surface area (TPSA) is 130 Å². The van der Waals surface area contributed by atoms with Crippen LogP contribution in [0.2, 0.25) is 0 Å². The van der Waals surface area contributed by atoms with E-state index in [1.54, 1.807) is 32.5 Å². The third-order valence-electron chi connectivity index (χ3n) is 6.12. The second kappa shape index (κ2) is 9.40. The van der Waals surface area contributed by atoms with Crippen molar-refractivity contribution < 1.29 is 19.7 Å². The van der Waals surface area contributed by atoms with Gasteiger partial charge in [-0.2, -0.15) is 0 Å². The maximum Gasteiger partial charge on any atom is 0.306 e. The second-order valence-electron chi connectivity index (χ2n) is 8.49. The molecule has 9 nitrogen and oxygen atoms in total. The molecule has 1 saturated carbocycles. The molecule has 0 aromatic carbocycles. The molecular weight excluding hydrogens is 442 g/mol. The number of nitrogens with one attached hydrogen (secondary N) is 1. The number of pyridine rings is 1. The molecule has 0 radical (unpaired) electrons. The molecule has 33 heavy (non-hydrogen) atoms. The summed E-state index contributed by atoms with van der Waals surface area (Å²) in [6.07, 6.45) is 5.84. The number of aliphatic hydroxyl groups is 1. The number of ether oxygens (including phenoxy) is 1. The first-order valence-electron chi connectivity index (χ1n) is 10.8. The highest BCUT2D eigenvalue weighted by Gasteiger charge is 2.40. The molecule has 1 atom stereocenters. The number of anilines is 2. The van der Waals surface area contributed by atoms with Gasteiger partial charge >= 0.3 is 5.97 Å². The minimum absolute atomic E-state index is 0.0407. The van der Waals surface area contributed by atoms with E-state index in [1.807, 2.05) is 19.1 Å². The van der Waals surface area contributed by atoms with Gasteiger partial charge in [0.2, 0.25) is 11.8 Å². The lowest BCUT2D eigenvalue weighted by Crippen LogP contribution is -2.35. The normalized spacial score (nSPS) is 20.1. The average Bonchev–Trinajstić information content (AvgIpc) is 3.30. The van der Waals surface area contributed by atoms with Gasteiger partial charge in [-0.15, -0.1) is 11.3 Å². The van der Waals surface area contributed by atoms with Gasteiger partial charge < -0.3 is 20.3 Å². The molecule has 1 fully saturated rings. The summed E-state index contributed by atoms with van der Waals surface area (Å²) in [6.45, 7) is 3.66. The van der Waals surface area contributed by atoms with E-state index in [-0.39, 0.29) is 11.8 Å². The van der Waals surface area contributed by atoms with Gasteiger partial charge in [0.1, 0.15) is 10.6 Å². The van der Waals surface area contributed by atoms with Crippen molar-refractivity contribution in [2.75, 3.05) is 12.4 Å². The number of rotatable bonds is 7. The molecule has 0 saturated heterocycles. The highest BCUT2D eigenvalue weighted by atomic mass is 32.1. The number of carboxylic acid groups (broad SMARTS) is 1. The fourth-order valence-corrected chi connectivity index (χ4v) is 5.15.